The maximum absolute atomic E-state index is 11.3. The molecule has 4 heteroatoms. The van der Waals surface area contributed by atoms with Crippen molar-refractivity contribution in [2.75, 3.05) is 19.8 Å². The van der Waals surface area contributed by atoms with Gasteiger partial charge in [0.15, 0.2) is 0 Å². The third-order valence-electron chi connectivity index (χ3n) is 13.3. The molecule has 2 aromatic carbocycles. The van der Waals surface area contributed by atoms with Crippen molar-refractivity contribution in [3.8, 4) is 5.75 Å². The molecule has 0 bridgehead atoms. The molecule has 0 aliphatic heterocycles. The van der Waals surface area contributed by atoms with Gasteiger partial charge in [0.25, 0.3) is 0 Å². The second kappa shape index (κ2) is 26.2. The summed E-state index contributed by atoms with van der Waals surface area (Å²) in [6.07, 6.45) is 27.6. The number of hydrogen-bond acceptors (Lipinski definition) is 4. The minimum absolute atomic E-state index is 0.243. The molecule has 1 atom stereocenters. The average Bonchev–Trinajstić information content (AvgIpc) is 3.18. The Hall–Kier alpha value is -1.88. The lowest BCUT2D eigenvalue weighted by atomic mass is 9.68. The van der Waals surface area contributed by atoms with Crippen LogP contribution in [0, 0.1) is 5.41 Å². The Morgan fingerprint density at radius 3 is 0.918 bits per heavy atom. The summed E-state index contributed by atoms with van der Waals surface area (Å²) in [6.45, 7) is 30.5. The van der Waals surface area contributed by atoms with Gasteiger partial charge >= 0.3 is 0 Å². The molecule has 4 nitrogen and oxygen atoms in total. The smallest absolute Gasteiger partial charge is 0.137 e. The van der Waals surface area contributed by atoms with E-state index in [-0.39, 0.29) is 21.7 Å². The Labute approximate surface area is 378 Å². The van der Waals surface area contributed by atoms with Crippen LogP contribution in [0.15, 0.2) is 24.3 Å². The van der Waals surface area contributed by atoms with Crippen molar-refractivity contribution >= 4 is 0 Å². The van der Waals surface area contributed by atoms with Crippen LogP contribution in [0.3, 0.4) is 0 Å². The van der Waals surface area contributed by atoms with Gasteiger partial charge in [0.05, 0.1) is 25.2 Å². The summed E-state index contributed by atoms with van der Waals surface area (Å²) in [7, 11) is 0. The summed E-state index contributed by atoms with van der Waals surface area (Å²) < 4.78 is 7.61. The predicted octanol–water partition coefficient (Wildman–Crippen LogP) is 15.9. The van der Waals surface area contributed by atoms with E-state index in [0.29, 0.717) is 0 Å². The number of aliphatic hydroxyl groups excluding tert-OH is 3. The molecule has 3 N–H and O–H groups in total. The first-order valence-electron chi connectivity index (χ1n) is 25.5. The van der Waals surface area contributed by atoms with E-state index in [1.165, 1.54) is 144 Å². The summed E-state index contributed by atoms with van der Waals surface area (Å²) in [4.78, 5) is 0. The molecule has 0 heterocycles. The Bertz CT molecular complexity index is 1430. The number of unbranched alkanes of at least 4 members (excludes halogenated alkanes) is 18. The molecule has 0 amide bonds. The highest BCUT2D eigenvalue weighted by atomic mass is 16.5. The molecule has 0 aliphatic rings. The van der Waals surface area contributed by atoms with E-state index in [1.807, 2.05) is 0 Å². The van der Waals surface area contributed by atoms with Gasteiger partial charge in [0, 0.05) is 16.7 Å². The minimum atomic E-state index is -1.34. The van der Waals surface area contributed by atoms with Crippen molar-refractivity contribution in [2.24, 2.45) is 5.41 Å². The number of hydrogen-bond donors (Lipinski definition) is 3. The zero-order chi connectivity index (χ0) is 45.9. The van der Waals surface area contributed by atoms with Crippen LogP contribution >= 0.6 is 0 Å². The maximum atomic E-state index is 11.3. The van der Waals surface area contributed by atoms with E-state index in [1.54, 1.807) is 0 Å². The van der Waals surface area contributed by atoms with Crippen LogP contribution in [-0.4, -0.2) is 35.1 Å². The molecular formula is C57H100O4. The number of benzene rings is 2. The van der Waals surface area contributed by atoms with Crippen molar-refractivity contribution in [3.63, 3.8) is 0 Å². The summed E-state index contributed by atoms with van der Waals surface area (Å²) in [5.74, 6) is 0.825. The first-order valence-corrected chi connectivity index (χ1v) is 25.5. The molecule has 0 spiro atoms. The first kappa shape index (κ1) is 55.3. The number of rotatable bonds is 29. The molecule has 2 aromatic rings. The highest BCUT2D eigenvalue weighted by Gasteiger charge is 2.46. The molecule has 2 rings (SSSR count). The maximum Gasteiger partial charge on any atom is 0.137 e. The molecule has 0 saturated heterocycles. The van der Waals surface area contributed by atoms with Crippen LogP contribution in [0.25, 0.3) is 0 Å². The van der Waals surface area contributed by atoms with Gasteiger partial charge in [-0.05, 0) is 69.6 Å². The van der Waals surface area contributed by atoms with Crippen molar-refractivity contribution in [1.82, 2.24) is 0 Å². The van der Waals surface area contributed by atoms with Gasteiger partial charge in [0.1, 0.15) is 11.9 Å². The molecule has 0 saturated carbocycles. The zero-order valence-corrected chi connectivity index (χ0v) is 42.8. The van der Waals surface area contributed by atoms with Gasteiger partial charge in [-0.1, -0.05) is 237 Å². The fraction of sp³-hybridized carbons (Fsp3) is 0.789. The topological polar surface area (TPSA) is 69.9 Å². The lowest BCUT2D eigenvalue weighted by Gasteiger charge is -2.43. The largest absolute Gasteiger partial charge is 0.484 e. The SMILES string of the molecule is CCCCCCCCCCCCc1cc(C(C)(C)C)c(OC(c2c(C(C)(C)C)cc(CCCCCCCCCCCC)cc2C(C)(C)C)C(CO)(CO)CO)c(C(C)(C)C)c1. The zero-order valence-electron chi connectivity index (χ0n) is 42.8. The van der Waals surface area contributed by atoms with Crippen molar-refractivity contribution in [1.29, 1.82) is 0 Å². The van der Waals surface area contributed by atoms with E-state index >= 15 is 0 Å². The van der Waals surface area contributed by atoms with E-state index in [2.05, 4.69) is 121 Å². The molecule has 61 heavy (non-hydrogen) atoms. The third kappa shape index (κ3) is 17.9. The van der Waals surface area contributed by atoms with Gasteiger partial charge in [-0.25, -0.2) is 0 Å². The van der Waals surface area contributed by atoms with E-state index in [0.717, 1.165) is 41.7 Å². The first-order chi connectivity index (χ1) is 28.6. The average molecular weight is 849 g/mol. The van der Waals surface area contributed by atoms with Crippen LogP contribution < -0.4 is 4.74 Å². The van der Waals surface area contributed by atoms with Crippen LogP contribution in [0.1, 0.15) is 270 Å². The molecule has 352 valence electrons. The summed E-state index contributed by atoms with van der Waals surface area (Å²) in [5.41, 5.74) is 5.93. The monoisotopic (exact) mass is 849 g/mol. The van der Waals surface area contributed by atoms with Crippen LogP contribution in [0.4, 0.5) is 0 Å². The van der Waals surface area contributed by atoms with E-state index in [9.17, 15) is 15.3 Å². The van der Waals surface area contributed by atoms with Crippen LogP contribution in [0.2, 0.25) is 0 Å². The Morgan fingerprint density at radius 2 is 0.656 bits per heavy atom. The van der Waals surface area contributed by atoms with E-state index < -0.39 is 31.3 Å². The summed E-state index contributed by atoms with van der Waals surface area (Å²) >= 11 is 0. The van der Waals surface area contributed by atoms with Gasteiger partial charge < -0.3 is 20.1 Å². The fourth-order valence-corrected chi connectivity index (χ4v) is 9.09. The van der Waals surface area contributed by atoms with E-state index in [4.69, 9.17) is 4.74 Å². The van der Waals surface area contributed by atoms with Crippen molar-refractivity contribution < 1.29 is 20.1 Å². The second-order valence-electron chi connectivity index (χ2n) is 23.3. The van der Waals surface area contributed by atoms with Crippen molar-refractivity contribution in [2.45, 2.75) is 266 Å². The second-order valence-corrected chi connectivity index (χ2v) is 23.3. The predicted molar refractivity (Wildman–Crippen MR) is 266 cm³/mol. The summed E-state index contributed by atoms with van der Waals surface area (Å²) in [5, 5.41) is 33.9. The van der Waals surface area contributed by atoms with Crippen LogP contribution in [-0.2, 0) is 34.5 Å². The molecule has 0 radical (unpaired) electrons. The quantitative estimate of drug-likeness (QED) is 0.0713. The van der Waals surface area contributed by atoms with Crippen LogP contribution in [0.5, 0.6) is 5.75 Å². The van der Waals surface area contributed by atoms with Gasteiger partial charge in [0.2, 0.25) is 0 Å². The minimum Gasteiger partial charge on any atom is -0.484 e. The normalized spacial score (nSPS) is 13.6. The lowest BCUT2D eigenvalue weighted by molar-refractivity contribution is -0.0761. The highest BCUT2D eigenvalue weighted by molar-refractivity contribution is 5.53. The van der Waals surface area contributed by atoms with Gasteiger partial charge in [-0.3, -0.25) is 0 Å². The Balaban J connectivity index is 2.67. The summed E-state index contributed by atoms with van der Waals surface area (Å²) in [6, 6.07) is 9.52. The number of ether oxygens (including phenoxy) is 1. The number of aryl methyl sites for hydroxylation is 2. The fourth-order valence-electron chi connectivity index (χ4n) is 9.09. The third-order valence-corrected chi connectivity index (χ3v) is 13.3. The van der Waals surface area contributed by atoms with Gasteiger partial charge in [-0.2, -0.15) is 0 Å². The molecule has 0 fully saturated rings. The Morgan fingerprint density at radius 1 is 0.393 bits per heavy atom. The molecule has 0 aliphatic carbocycles. The lowest BCUT2D eigenvalue weighted by Crippen LogP contribution is -2.45. The van der Waals surface area contributed by atoms with Crippen molar-refractivity contribution in [3.05, 3.63) is 63.2 Å². The molecule has 0 aromatic heterocycles. The molecular weight excluding hydrogens is 749 g/mol. The Kier molecular flexibility index (Phi) is 23.7. The number of aliphatic hydroxyl groups is 3. The standard InChI is InChI=1S/C57H100O4/c1-15-17-19-21-23-25-27-29-31-33-35-44-37-46(53(3,4)5)50(47(38-44)54(6,7)8)52(57(41-58,42-59)43-60)61-51-48(55(9,10)11)39-45(40-49(51)56(12,13)14)36-34-32-30-28-26-24-22-20-18-16-2/h37-40,52,58-60H,15-36,41-43H2,1-14H3. The van der Waals surface area contributed by atoms with Gasteiger partial charge in [-0.15, -0.1) is 0 Å². The highest BCUT2D eigenvalue weighted by Crippen LogP contribution is 2.50. The molecule has 1 unspecified atom stereocenters.